The van der Waals surface area contributed by atoms with Gasteiger partial charge in [0.2, 0.25) is 0 Å². The Morgan fingerprint density at radius 2 is 1.35 bits per heavy atom. The average Bonchev–Trinajstić information content (AvgIpc) is 2.76. The van der Waals surface area contributed by atoms with Crippen molar-refractivity contribution in [3.8, 4) is 0 Å². The van der Waals surface area contributed by atoms with Gasteiger partial charge in [-0.1, -0.05) is 45.1 Å². The zero-order valence-corrected chi connectivity index (χ0v) is 15.6. The molecule has 0 bridgehead atoms. The molecule has 3 atom stereocenters. The largest absolute Gasteiger partial charge is 0.404 e. The second-order valence-corrected chi connectivity index (χ2v) is 8.76. The first-order valence-corrected chi connectivity index (χ1v) is 9.28. The lowest BCUT2D eigenvalue weighted by Crippen LogP contribution is -2.58. The molecule has 26 heavy (non-hydrogen) atoms. The van der Waals surface area contributed by atoms with Gasteiger partial charge in [-0.05, 0) is 49.9 Å². The fourth-order valence-corrected chi connectivity index (χ4v) is 4.48. The first kappa shape index (κ1) is 21.4. The Morgan fingerprint density at radius 1 is 0.808 bits per heavy atom. The fourth-order valence-electron chi connectivity index (χ4n) is 4.48. The van der Waals surface area contributed by atoms with Gasteiger partial charge in [0, 0.05) is 11.8 Å². The van der Waals surface area contributed by atoms with Crippen LogP contribution in [-0.2, 0) is 0 Å². The molecule has 150 valence electrons. The maximum Gasteiger partial charge on any atom is 0.404 e. The van der Waals surface area contributed by atoms with E-state index in [0.29, 0.717) is 25.7 Å². The van der Waals surface area contributed by atoms with Crippen molar-refractivity contribution < 1.29 is 26.3 Å². The summed E-state index contributed by atoms with van der Waals surface area (Å²) in [6, 6.07) is 0. The van der Waals surface area contributed by atoms with Gasteiger partial charge in [-0.2, -0.15) is 26.3 Å². The van der Waals surface area contributed by atoms with Crippen molar-refractivity contribution in [3.63, 3.8) is 0 Å². The number of allylic oxidation sites excluding steroid dienone is 4. The summed E-state index contributed by atoms with van der Waals surface area (Å²) < 4.78 is 85.2. The summed E-state index contributed by atoms with van der Waals surface area (Å²) >= 11 is 0. The lowest BCUT2D eigenvalue weighted by atomic mass is 9.62. The molecule has 0 aromatic carbocycles. The van der Waals surface area contributed by atoms with Crippen LogP contribution in [0, 0.1) is 28.6 Å². The summed E-state index contributed by atoms with van der Waals surface area (Å²) in [6.45, 7) is 5.63. The molecule has 6 heteroatoms. The van der Waals surface area contributed by atoms with Crippen LogP contribution < -0.4 is 0 Å². The minimum Gasteiger partial charge on any atom is -0.170 e. The molecule has 3 unspecified atom stereocenters. The first-order chi connectivity index (χ1) is 11.8. The second kappa shape index (κ2) is 7.23. The van der Waals surface area contributed by atoms with Gasteiger partial charge in [0.1, 0.15) is 0 Å². The van der Waals surface area contributed by atoms with E-state index in [4.69, 9.17) is 0 Å². The second-order valence-electron chi connectivity index (χ2n) is 8.76. The van der Waals surface area contributed by atoms with Crippen LogP contribution in [0.1, 0.15) is 59.3 Å². The SMILES string of the molecule is CC1CC=CC(C(C2C=CCC(C)(C)CC2)(C(F)(F)F)C(F)(F)F)CC1. The smallest absolute Gasteiger partial charge is 0.170 e. The predicted molar refractivity (Wildman–Crippen MR) is 90.5 cm³/mol. The molecule has 2 rings (SSSR count). The molecule has 0 spiro atoms. The minimum absolute atomic E-state index is 0.0928. The van der Waals surface area contributed by atoms with Crippen LogP contribution in [0.4, 0.5) is 26.3 Å². The molecular formula is C20H28F6. The van der Waals surface area contributed by atoms with Crippen molar-refractivity contribution in [1.29, 1.82) is 0 Å². The fraction of sp³-hybridized carbons (Fsp3) is 0.800. The highest BCUT2D eigenvalue weighted by molar-refractivity contribution is 5.15. The van der Waals surface area contributed by atoms with Gasteiger partial charge in [0.25, 0.3) is 0 Å². The molecule has 0 aromatic rings. The normalized spacial score (nSPS) is 30.7. The number of halogens is 6. The number of hydrogen-bond donors (Lipinski definition) is 0. The summed E-state index contributed by atoms with van der Waals surface area (Å²) in [7, 11) is 0. The molecular weight excluding hydrogens is 354 g/mol. The van der Waals surface area contributed by atoms with E-state index in [1.54, 1.807) is 0 Å². The van der Waals surface area contributed by atoms with E-state index in [0.717, 1.165) is 0 Å². The van der Waals surface area contributed by atoms with Crippen molar-refractivity contribution in [2.24, 2.45) is 28.6 Å². The highest BCUT2D eigenvalue weighted by Crippen LogP contribution is 2.63. The van der Waals surface area contributed by atoms with Crippen LogP contribution in [0.2, 0.25) is 0 Å². The van der Waals surface area contributed by atoms with Gasteiger partial charge in [0.05, 0.1) is 0 Å². The molecule has 0 saturated carbocycles. The molecule has 0 N–H and O–H groups in total. The molecule has 0 radical (unpaired) electrons. The molecule has 2 aliphatic rings. The summed E-state index contributed by atoms with van der Waals surface area (Å²) in [5.74, 6) is -3.07. The Morgan fingerprint density at radius 3 is 1.92 bits per heavy atom. The maximum absolute atomic E-state index is 14.2. The van der Waals surface area contributed by atoms with Crippen LogP contribution in [0.3, 0.4) is 0 Å². The third kappa shape index (κ3) is 3.99. The van der Waals surface area contributed by atoms with Gasteiger partial charge in [-0.25, -0.2) is 0 Å². The van der Waals surface area contributed by atoms with E-state index in [1.807, 2.05) is 20.8 Å². The van der Waals surface area contributed by atoms with Crippen LogP contribution in [-0.4, -0.2) is 12.4 Å². The lowest BCUT2D eigenvalue weighted by molar-refractivity contribution is -0.368. The maximum atomic E-state index is 14.2. The molecule has 2 aliphatic carbocycles. The first-order valence-electron chi connectivity index (χ1n) is 9.28. The lowest BCUT2D eigenvalue weighted by Gasteiger charge is -2.46. The van der Waals surface area contributed by atoms with Gasteiger partial charge in [0.15, 0.2) is 5.41 Å². The van der Waals surface area contributed by atoms with Crippen LogP contribution >= 0.6 is 0 Å². The third-order valence-corrected chi connectivity index (χ3v) is 6.16. The Kier molecular flexibility index (Phi) is 5.94. The standard InChI is InChI=1S/C20H28F6/c1-14-6-4-7-15(10-9-14)18(19(21,22)23,20(24,25)26)16-8-5-12-17(2,3)13-11-16/h4-5,7-8,14-16H,6,9-13H2,1-3H3. The van der Waals surface area contributed by atoms with Gasteiger partial charge < -0.3 is 0 Å². The number of rotatable bonds is 2. The van der Waals surface area contributed by atoms with Gasteiger partial charge in [-0.3, -0.25) is 0 Å². The molecule has 0 saturated heterocycles. The van der Waals surface area contributed by atoms with Crippen LogP contribution in [0.5, 0.6) is 0 Å². The zero-order valence-electron chi connectivity index (χ0n) is 15.6. The van der Waals surface area contributed by atoms with E-state index < -0.39 is 29.6 Å². The van der Waals surface area contributed by atoms with Crippen molar-refractivity contribution in [2.45, 2.75) is 71.6 Å². The Hall–Kier alpha value is -0.940. The minimum atomic E-state index is -5.36. The Balaban J connectivity index is 2.57. The van der Waals surface area contributed by atoms with E-state index >= 15 is 0 Å². The number of alkyl halides is 6. The van der Waals surface area contributed by atoms with Crippen LogP contribution in [0.25, 0.3) is 0 Å². The zero-order chi connectivity index (χ0) is 19.8. The molecule has 0 heterocycles. The third-order valence-electron chi connectivity index (χ3n) is 6.16. The van der Waals surface area contributed by atoms with E-state index in [2.05, 4.69) is 0 Å². The van der Waals surface area contributed by atoms with Crippen molar-refractivity contribution in [2.75, 3.05) is 0 Å². The number of hydrogen-bond acceptors (Lipinski definition) is 0. The van der Waals surface area contributed by atoms with Crippen LogP contribution in [0.15, 0.2) is 24.3 Å². The summed E-state index contributed by atoms with van der Waals surface area (Å²) in [6.07, 6.45) is -3.79. The van der Waals surface area contributed by atoms with Gasteiger partial charge >= 0.3 is 12.4 Å². The molecule has 0 amide bonds. The molecule has 0 nitrogen and oxygen atoms in total. The highest BCUT2D eigenvalue weighted by atomic mass is 19.4. The van der Waals surface area contributed by atoms with Gasteiger partial charge in [-0.15, -0.1) is 0 Å². The monoisotopic (exact) mass is 382 g/mol. The van der Waals surface area contributed by atoms with E-state index in [1.165, 1.54) is 24.3 Å². The quantitative estimate of drug-likeness (QED) is 0.343. The van der Waals surface area contributed by atoms with E-state index in [-0.39, 0.29) is 24.2 Å². The van der Waals surface area contributed by atoms with Crippen molar-refractivity contribution in [1.82, 2.24) is 0 Å². The predicted octanol–water partition coefficient (Wildman–Crippen LogP) is 7.47. The van der Waals surface area contributed by atoms with Crippen molar-refractivity contribution in [3.05, 3.63) is 24.3 Å². The highest BCUT2D eigenvalue weighted by Gasteiger charge is 2.75. The average molecular weight is 382 g/mol. The van der Waals surface area contributed by atoms with Crippen molar-refractivity contribution >= 4 is 0 Å². The Labute approximate surface area is 151 Å². The molecule has 0 aromatic heterocycles. The topological polar surface area (TPSA) is 0 Å². The summed E-state index contributed by atoms with van der Waals surface area (Å²) in [5, 5.41) is 0. The Bertz CT molecular complexity index is 523. The molecule has 0 aliphatic heterocycles. The van der Waals surface area contributed by atoms with E-state index in [9.17, 15) is 26.3 Å². The summed E-state index contributed by atoms with van der Waals surface area (Å²) in [4.78, 5) is 0. The summed E-state index contributed by atoms with van der Waals surface area (Å²) in [5.41, 5.74) is -4.01. The molecule has 0 fully saturated rings.